The Balaban J connectivity index is 1.98. The van der Waals surface area contributed by atoms with Gasteiger partial charge in [0.05, 0.1) is 23.5 Å². The maximum atomic E-state index is 5.48. The van der Waals surface area contributed by atoms with Crippen LogP contribution in [0.3, 0.4) is 0 Å². The van der Waals surface area contributed by atoms with Crippen molar-refractivity contribution in [2.75, 3.05) is 6.54 Å². The van der Waals surface area contributed by atoms with E-state index >= 15 is 0 Å². The second-order valence-corrected chi connectivity index (χ2v) is 5.27. The summed E-state index contributed by atoms with van der Waals surface area (Å²) in [5.74, 6) is 0.980. The Hall–Kier alpha value is -2.13. The first-order valence-corrected chi connectivity index (χ1v) is 7.40. The highest BCUT2D eigenvalue weighted by atomic mass is 16.3. The normalized spacial score (nSPS) is 12.7. The van der Waals surface area contributed by atoms with E-state index in [0.29, 0.717) is 0 Å². The Morgan fingerprint density at radius 1 is 1.19 bits per heavy atom. The molecule has 0 radical (unpaired) electrons. The SMILES string of the molecule is CCNC(Cc1ccco1)c1cc(C)c2ccccc2n1. The summed E-state index contributed by atoms with van der Waals surface area (Å²) in [5.41, 5.74) is 3.39. The molecule has 2 heterocycles. The number of nitrogens with zero attached hydrogens (tertiary/aromatic N) is 1. The number of nitrogens with one attached hydrogen (secondary N) is 1. The topological polar surface area (TPSA) is 38.1 Å². The van der Waals surface area contributed by atoms with Crippen LogP contribution in [0.25, 0.3) is 10.9 Å². The molecule has 0 aliphatic heterocycles. The molecule has 1 unspecified atom stereocenters. The predicted molar refractivity (Wildman–Crippen MR) is 85.3 cm³/mol. The summed E-state index contributed by atoms with van der Waals surface area (Å²) in [6.07, 6.45) is 2.53. The molecule has 108 valence electrons. The molecule has 2 aromatic heterocycles. The highest BCUT2D eigenvalue weighted by Crippen LogP contribution is 2.23. The summed E-state index contributed by atoms with van der Waals surface area (Å²) in [5, 5.41) is 4.72. The van der Waals surface area contributed by atoms with Crippen LogP contribution in [0.15, 0.2) is 53.1 Å². The monoisotopic (exact) mass is 280 g/mol. The molecule has 0 aliphatic carbocycles. The van der Waals surface area contributed by atoms with Crippen LogP contribution in [0, 0.1) is 6.92 Å². The van der Waals surface area contributed by atoms with Gasteiger partial charge in [0.25, 0.3) is 0 Å². The van der Waals surface area contributed by atoms with Crippen molar-refractivity contribution >= 4 is 10.9 Å². The van der Waals surface area contributed by atoms with Gasteiger partial charge in [-0.05, 0) is 43.3 Å². The Bertz CT molecular complexity index is 719. The number of fused-ring (bicyclic) bond motifs is 1. The highest BCUT2D eigenvalue weighted by Gasteiger charge is 2.15. The second-order valence-electron chi connectivity index (χ2n) is 5.27. The first-order chi connectivity index (χ1) is 10.3. The Labute approximate surface area is 125 Å². The number of hydrogen-bond acceptors (Lipinski definition) is 3. The van der Waals surface area contributed by atoms with E-state index in [-0.39, 0.29) is 6.04 Å². The zero-order valence-corrected chi connectivity index (χ0v) is 12.5. The van der Waals surface area contributed by atoms with Gasteiger partial charge >= 0.3 is 0 Å². The molecule has 0 amide bonds. The van der Waals surface area contributed by atoms with E-state index in [1.54, 1.807) is 6.26 Å². The van der Waals surface area contributed by atoms with E-state index in [1.807, 2.05) is 18.2 Å². The summed E-state index contributed by atoms with van der Waals surface area (Å²) < 4.78 is 5.48. The number of pyridine rings is 1. The maximum absolute atomic E-state index is 5.48. The quantitative estimate of drug-likeness (QED) is 0.766. The summed E-state index contributed by atoms with van der Waals surface area (Å²) >= 11 is 0. The molecule has 0 aliphatic rings. The minimum atomic E-state index is 0.171. The molecule has 0 saturated carbocycles. The van der Waals surface area contributed by atoms with E-state index in [9.17, 15) is 0 Å². The predicted octanol–water partition coefficient (Wildman–Crippen LogP) is 4.03. The summed E-state index contributed by atoms with van der Waals surface area (Å²) in [6, 6.07) is 14.6. The molecule has 0 spiro atoms. The van der Waals surface area contributed by atoms with Crippen molar-refractivity contribution in [3.05, 3.63) is 65.7 Å². The van der Waals surface area contributed by atoms with E-state index in [1.165, 1.54) is 10.9 Å². The van der Waals surface area contributed by atoms with Crippen LogP contribution in [0.1, 0.15) is 30.0 Å². The van der Waals surface area contributed by atoms with Crippen molar-refractivity contribution in [1.82, 2.24) is 10.3 Å². The number of aromatic nitrogens is 1. The largest absolute Gasteiger partial charge is 0.469 e. The number of furan rings is 1. The van der Waals surface area contributed by atoms with Gasteiger partial charge in [-0.15, -0.1) is 0 Å². The van der Waals surface area contributed by atoms with Crippen LogP contribution in [0.5, 0.6) is 0 Å². The van der Waals surface area contributed by atoms with Gasteiger partial charge < -0.3 is 9.73 Å². The molecule has 1 atom stereocenters. The fraction of sp³-hybridized carbons (Fsp3) is 0.278. The molecule has 3 nitrogen and oxygen atoms in total. The number of aryl methyl sites for hydroxylation is 1. The molecule has 1 aromatic carbocycles. The summed E-state index contributed by atoms with van der Waals surface area (Å²) in [4.78, 5) is 4.83. The van der Waals surface area contributed by atoms with Crippen LogP contribution in [-0.2, 0) is 6.42 Å². The fourth-order valence-corrected chi connectivity index (χ4v) is 2.71. The first-order valence-electron chi connectivity index (χ1n) is 7.40. The Morgan fingerprint density at radius 3 is 2.81 bits per heavy atom. The molecule has 3 aromatic rings. The lowest BCUT2D eigenvalue weighted by Crippen LogP contribution is -2.24. The van der Waals surface area contributed by atoms with Gasteiger partial charge in [-0.1, -0.05) is 25.1 Å². The number of para-hydroxylation sites is 1. The third-order valence-corrected chi connectivity index (χ3v) is 3.74. The zero-order chi connectivity index (χ0) is 14.7. The molecule has 1 N–H and O–H groups in total. The fourth-order valence-electron chi connectivity index (χ4n) is 2.71. The Morgan fingerprint density at radius 2 is 2.05 bits per heavy atom. The van der Waals surface area contributed by atoms with Crippen molar-refractivity contribution in [2.45, 2.75) is 26.3 Å². The minimum absolute atomic E-state index is 0.171. The molecule has 0 saturated heterocycles. The van der Waals surface area contributed by atoms with E-state index in [4.69, 9.17) is 9.40 Å². The number of rotatable bonds is 5. The van der Waals surface area contributed by atoms with Gasteiger partial charge in [0, 0.05) is 11.8 Å². The molecular formula is C18H20N2O. The molecular weight excluding hydrogens is 260 g/mol. The summed E-state index contributed by atoms with van der Waals surface area (Å²) in [7, 11) is 0. The van der Waals surface area contributed by atoms with Gasteiger partial charge in [-0.3, -0.25) is 4.98 Å². The van der Waals surface area contributed by atoms with Crippen LogP contribution in [0.2, 0.25) is 0 Å². The van der Waals surface area contributed by atoms with Gasteiger partial charge in [-0.25, -0.2) is 0 Å². The van der Waals surface area contributed by atoms with Crippen molar-refractivity contribution in [2.24, 2.45) is 0 Å². The van der Waals surface area contributed by atoms with Gasteiger partial charge in [-0.2, -0.15) is 0 Å². The second kappa shape index (κ2) is 6.10. The third-order valence-electron chi connectivity index (χ3n) is 3.74. The molecule has 3 heteroatoms. The first kappa shape index (κ1) is 13.8. The minimum Gasteiger partial charge on any atom is -0.469 e. The number of benzene rings is 1. The summed E-state index contributed by atoms with van der Waals surface area (Å²) in [6.45, 7) is 5.16. The van der Waals surface area contributed by atoms with E-state index < -0.39 is 0 Å². The number of hydrogen-bond donors (Lipinski definition) is 1. The van der Waals surface area contributed by atoms with Crippen molar-refractivity contribution < 1.29 is 4.42 Å². The molecule has 3 rings (SSSR count). The highest BCUT2D eigenvalue weighted by molar-refractivity contribution is 5.82. The van der Waals surface area contributed by atoms with Crippen LogP contribution in [-0.4, -0.2) is 11.5 Å². The molecule has 0 fully saturated rings. The lowest BCUT2D eigenvalue weighted by molar-refractivity contribution is 0.450. The Kier molecular flexibility index (Phi) is 4.02. The van der Waals surface area contributed by atoms with Gasteiger partial charge in [0.2, 0.25) is 0 Å². The van der Waals surface area contributed by atoms with Gasteiger partial charge in [0.1, 0.15) is 5.76 Å². The van der Waals surface area contributed by atoms with E-state index in [0.717, 1.165) is 29.9 Å². The lowest BCUT2D eigenvalue weighted by atomic mass is 10.0. The van der Waals surface area contributed by atoms with Crippen LogP contribution in [0.4, 0.5) is 0 Å². The van der Waals surface area contributed by atoms with Crippen molar-refractivity contribution in [3.63, 3.8) is 0 Å². The van der Waals surface area contributed by atoms with E-state index in [2.05, 4.69) is 43.4 Å². The standard InChI is InChI=1S/C18H20N2O/c1-3-19-17(12-14-7-6-10-21-14)18-11-13(2)15-8-4-5-9-16(15)20-18/h4-11,17,19H,3,12H2,1-2H3. The molecule has 21 heavy (non-hydrogen) atoms. The number of likely N-dealkylation sites (N-methyl/N-ethyl adjacent to an activating group) is 1. The van der Waals surface area contributed by atoms with Gasteiger partial charge in [0.15, 0.2) is 0 Å². The third kappa shape index (κ3) is 2.98. The average molecular weight is 280 g/mol. The van der Waals surface area contributed by atoms with Crippen LogP contribution >= 0.6 is 0 Å². The van der Waals surface area contributed by atoms with Crippen LogP contribution < -0.4 is 5.32 Å². The zero-order valence-electron chi connectivity index (χ0n) is 12.5. The van der Waals surface area contributed by atoms with Crippen molar-refractivity contribution in [3.8, 4) is 0 Å². The lowest BCUT2D eigenvalue weighted by Gasteiger charge is -2.17. The maximum Gasteiger partial charge on any atom is 0.105 e. The van der Waals surface area contributed by atoms with Crippen molar-refractivity contribution in [1.29, 1.82) is 0 Å². The molecule has 0 bridgehead atoms. The average Bonchev–Trinajstić information content (AvgIpc) is 3.00. The smallest absolute Gasteiger partial charge is 0.105 e.